The summed E-state index contributed by atoms with van der Waals surface area (Å²) in [7, 11) is 0. The van der Waals surface area contributed by atoms with Crippen molar-refractivity contribution in [2.75, 3.05) is 18.1 Å². The lowest BCUT2D eigenvalue weighted by Crippen LogP contribution is -2.21. The van der Waals surface area contributed by atoms with Crippen LogP contribution in [0.1, 0.15) is 0 Å². The molecule has 0 fully saturated rings. The molecule has 0 unspecified atom stereocenters. The maximum atomic E-state index is 9.31. The van der Waals surface area contributed by atoms with Crippen molar-refractivity contribution < 1.29 is 5.11 Å². The predicted octanol–water partition coefficient (Wildman–Crippen LogP) is 5.10. The predicted molar refractivity (Wildman–Crippen MR) is 90.1 cm³/mol. The van der Waals surface area contributed by atoms with E-state index in [1.54, 1.807) is 0 Å². The zero-order valence-corrected chi connectivity index (χ0v) is 14.7. The molecule has 0 spiro atoms. The summed E-state index contributed by atoms with van der Waals surface area (Å²) in [5.41, 5.74) is 2.05. The number of aliphatic hydroxyl groups is 1. The minimum absolute atomic E-state index is 0.0871. The standard InChI is InChI=1S/C14H12Br3NO/c15-10-8-12(16)14(13(17)9-10)18(6-7-19)11-4-2-1-3-5-11/h1-5,8-9,19H,6-7H2. The summed E-state index contributed by atoms with van der Waals surface area (Å²) in [6.45, 7) is 0.618. The van der Waals surface area contributed by atoms with Crippen LogP contribution in [0.4, 0.5) is 11.4 Å². The molecule has 0 heterocycles. The molecule has 100 valence electrons. The van der Waals surface area contributed by atoms with Crippen molar-refractivity contribution in [2.24, 2.45) is 0 Å². The molecule has 0 atom stereocenters. The Morgan fingerprint density at radius 1 is 0.947 bits per heavy atom. The number of benzene rings is 2. The van der Waals surface area contributed by atoms with Crippen molar-refractivity contribution in [1.29, 1.82) is 0 Å². The lowest BCUT2D eigenvalue weighted by molar-refractivity contribution is 0.305. The van der Waals surface area contributed by atoms with Gasteiger partial charge in [0.1, 0.15) is 0 Å². The Labute approximate surface area is 137 Å². The molecular formula is C14H12Br3NO. The highest BCUT2D eigenvalue weighted by Crippen LogP contribution is 2.40. The fourth-order valence-electron chi connectivity index (χ4n) is 1.87. The highest BCUT2D eigenvalue weighted by molar-refractivity contribution is 9.11. The molecule has 0 bridgehead atoms. The Morgan fingerprint density at radius 2 is 1.53 bits per heavy atom. The van der Waals surface area contributed by atoms with Gasteiger partial charge in [-0.05, 0) is 56.1 Å². The SMILES string of the molecule is OCCN(c1ccccc1)c1c(Br)cc(Br)cc1Br. The molecule has 1 N–H and O–H groups in total. The minimum Gasteiger partial charge on any atom is -0.395 e. The summed E-state index contributed by atoms with van der Waals surface area (Å²) in [6, 6.07) is 14.0. The maximum absolute atomic E-state index is 9.31. The van der Waals surface area contributed by atoms with Gasteiger partial charge in [-0.1, -0.05) is 34.1 Å². The Morgan fingerprint density at radius 3 is 2.05 bits per heavy atom. The van der Waals surface area contributed by atoms with Gasteiger partial charge in [0.05, 0.1) is 12.3 Å². The van der Waals surface area contributed by atoms with Crippen LogP contribution in [-0.4, -0.2) is 18.3 Å². The first-order valence-electron chi connectivity index (χ1n) is 5.71. The van der Waals surface area contributed by atoms with E-state index in [1.807, 2.05) is 42.5 Å². The van der Waals surface area contributed by atoms with E-state index < -0.39 is 0 Å². The number of aliphatic hydroxyl groups excluding tert-OH is 1. The van der Waals surface area contributed by atoms with Crippen molar-refractivity contribution >= 4 is 59.2 Å². The van der Waals surface area contributed by atoms with Crippen LogP contribution in [0.15, 0.2) is 55.9 Å². The fourth-order valence-corrected chi connectivity index (χ4v) is 4.56. The third-order valence-corrected chi connectivity index (χ3v) is 4.31. The van der Waals surface area contributed by atoms with E-state index in [-0.39, 0.29) is 6.61 Å². The lowest BCUT2D eigenvalue weighted by atomic mass is 10.2. The zero-order valence-electron chi connectivity index (χ0n) is 9.98. The quantitative estimate of drug-likeness (QED) is 0.701. The average molecular weight is 450 g/mol. The summed E-state index contributed by atoms with van der Waals surface area (Å²) in [5, 5.41) is 9.31. The summed E-state index contributed by atoms with van der Waals surface area (Å²) in [4.78, 5) is 2.07. The molecule has 2 rings (SSSR count). The highest BCUT2D eigenvalue weighted by Gasteiger charge is 2.16. The van der Waals surface area contributed by atoms with Crippen LogP contribution in [0, 0.1) is 0 Å². The lowest BCUT2D eigenvalue weighted by Gasteiger charge is -2.26. The first-order valence-corrected chi connectivity index (χ1v) is 8.09. The number of para-hydroxylation sites is 1. The molecule has 0 radical (unpaired) electrons. The van der Waals surface area contributed by atoms with Crippen LogP contribution in [0.2, 0.25) is 0 Å². The molecule has 0 saturated carbocycles. The second-order valence-corrected chi connectivity index (χ2v) is 6.55. The molecule has 5 heteroatoms. The summed E-state index contributed by atoms with van der Waals surface area (Å²) >= 11 is 10.6. The molecule has 2 nitrogen and oxygen atoms in total. The summed E-state index contributed by atoms with van der Waals surface area (Å²) < 4.78 is 2.92. The number of hydrogen-bond acceptors (Lipinski definition) is 2. The van der Waals surface area contributed by atoms with Crippen molar-refractivity contribution in [3.05, 3.63) is 55.9 Å². The minimum atomic E-state index is 0.0871. The van der Waals surface area contributed by atoms with Gasteiger partial charge >= 0.3 is 0 Å². The van der Waals surface area contributed by atoms with Crippen LogP contribution >= 0.6 is 47.8 Å². The molecule has 0 aliphatic rings. The Hall–Kier alpha value is -0.360. The molecular weight excluding hydrogens is 438 g/mol. The molecule has 2 aromatic carbocycles. The van der Waals surface area contributed by atoms with Crippen molar-refractivity contribution in [1.82, 2.24) is 0 Å². The molecule has 2 aromatic rings. The Bertz CT molecular complexity index is 537. The zero-order chi connectivity index (χ0) is 13.8. The molecule has 0 aliphatic heterocycles. The molecule has 19 heavy (non-hydrogen) atoms. The van der Waals surface area contributed by atoms with Gasteiger partial charge in [-0.15, -0.1) is 0 Å². The second kappa shape index (κ2) is 6.88. The van der Waals surface area contributed by atoms with Crippen LogP contribution in [0.25, 0.3) is 0 Å². The van der Waals surface area contributed by atoms with Gasteiger partial charge in [-0.2, -0.15) is 0 Å². The van der Waals surface area contributed by atoms with Crippen LogP contribution < -0.4 is 4.90 Å². The fraction of sp³-hybridized carbons (Fsp3) is 0.143. The smallest absolute Gasteiger partial charge is 0.0701 e. The Kier molecular flexibility index (Phi) is 5.45. The van der Waals surface area contributed by atoms with E-state index in [0.717, 1.165) is 24.8 Å². The van der Waals surface area contributed by atoms with E-state index in [0.29, 0.717) is 6.54 Å². The summed E-state index contributed by atoms with van der Waals surface area (Å²) in [6.07, 6.45) is 0. The normalized spacial score (nSPS) is 10.5. The third-order valence-electron chi connectivity index (χ3n) is 2.64. The molecule has 0 saturated heterocycles. The van der Waals surface area contributed by atoms with Gasteiger partial charge in [0, 0.05) is 25.7 Å². The van der Waals surface area contributed by atoms with Gasteiger partial charge in [0.25, 0.3) is 0 Å². The van der Waals surface area contributed by atoms with Gasteiger partial charge in [-0.25, -0.2) is 0 Å². The second-order valence-electron chi connectivity index (χ2n) is 3.93. The molecule has 0 aliphatic carbocycles. The number of anilines is 2. The monoisotopic (exact) mass is 447 g/mol. The number of rotatable bonds is 4. The average Bonchev–Trinajstić information content (AvgIpc) is 2.37. The van der Waals surface area contributed by atoms with Gasteiger partial charge in [0.2, 0.25) is 0 Å². The van der Waals surface area contributed by atoms with E-state index in [9.17, 15) is 5.11 Å². The molecule has 0 amide bonds. The Balaban J connectivity index is 2.51. The maximum Gasteiger partial charge on any atom is 0.0701 e. The largest absolute Gasteiger partial charge is 0.395 e. The first-order chi connectivity index (χ1) is 9.13. The van der Waals surface area contributed by atoms with Crippen LogP contribution in [0.3, 0.4) is 0 Å². The van der Waals surface area contributed by atoms with Gasteiger partial charge in [0.15, 0.2) is 0 Å². The van der Waals surface area contributed by atoms with E-state index in [2.05, 4.69) is 52.7 Å². The van der Waals surface area contributed by atoms with Gasteiger partial charge < -0.3 is 10.0 Å². The van der Waals surface area contributed by atoms with Crippen LogP contribution in [0.5, 0.6) is 0 Å². The number of hydrogen-bond donors (Lipinski definition) is 1. The number of halogens is 3. The number of nitrogens with zero attached hydrogens (tertiary/aromatic N) is 1. The van der Waals surface area contributed by atoms with Crippen molar-refractivity contribution in [2.45, 2.75) is 0 Å². The van der Waals surface area contributed by atoms with Crippen molar-refractivity contribution in [3.8, 4) is 0 Å². The van der Waals surface area contributed by atoms with Crippen LogP contribution in [-0.2, 0) is 0 Å². The molecule has 0 aromatic heterocycles. The van der Waals surface area contributed by atoms with E-state index >= 15 is 0 Å². The van der Waals surface area contributed by atoms with E-state index in [4.69, 9.17) is 0 Å². The van der Waals surface area contributed by atoms with Crippen molar-refractivity contribution in [3.63, 3.8) is 0 Å². The highest BCUT2D eigenvalue weighted by atomic mass is 79.9. The third kappa shape index (κ3) is 3.60. The van der Waals surface area contributed by atoms with Gasteiger partial charge in [-0.3, -0.25) is 0 Å². The van der Waals surface area contributed by atoms with E-state index in [1.165, 1.54) is 0 Å². The summed E-state index contributed by atoms with van der Waals surface area (Å²) in [5.74, 6) is 0. The first kappa shape index (κ1) is 15.0. The topological polar surface area (TPSA) is 23.5 Å².